The van der Waals surface area contributed by atoms with Crippen molar-refractivity contribution in [2.24, 2.45) is 0 Å². The summed E-state index contributed by atoms with van der Waals surface area (Å²) < 4.78 is 30.5. The first-order valence-electron chi connectivity index (χ1n) is 6.28. The Morgan fingerprint density at radius 3 is 2.58 bits per heavy atom. The lowest BCUT2D eigenvalue weighted by molar-refractivity contribution is -0.122. The van der Waals surface area contributed by atoms with Crippen LogP contribution in [0.4, 0.5) is 0 Å². The Labute approximate surface area is 115 Å². The lowest BCUT2D eigenvalue weighted by atomic mass is 10.3. The lowest BCUT2D eigenvalue weighted by Gasteiger charge is -2.14. The second kappa shape index (κ2) is 9.06. The van der Waals surface area contributed by atoms with Crippen molar-refractivity contribution in [2.45, 2.75) is 33.2 Å². The zero-order valence-corrected chi connectivity index (χ0v) is 12.7. The molecular weight excluding hydrogens is 268 g/mol. The van der Waals surface area contributed by atoms with E-state index in [1.54, 1.807) is 6.92 Å². The third-order valence-corrected chi connectivity index (χ3v) is 3.77. The zero-order chi connectivity index (χ0) is 14.9. The van der Waals surface area contributed by atoms with Gasteiger partial charge in [0.25, 0.3) is 0 Å². The highest BCUT2D eigenvalue weighted by atomic mass is 32.2. The van der Waals surface area contributed by atoms with Gasteiger partial charge < -0.3 is 10.1 Å². The molecule has 0 saturated heterocycles. The number of rotatable bonds is 10. The van der Waals surface area contributed by atoms with Gasteiger partial charge in [-0.2, -0.15) is 0 Å². The molecule has 0 radical (unpaired) electrons. The molecule has 1 atom stereocenters. The Hall–Kier alpha value is -0.920. The molecule has 0 heterocycles. The summed E-state index contributed by atoms with van der Waals surface area (Å²) >= 11 is 0. The summed E-state index contributed by atoms with van der Waals surface area (Å²) in [6.45, 7) is 9.97. The van der Waals surface area contributed by atoms with Gasteiger partial charge in [0, 0.05) is 6.54 Å². The monoisotopic (exact) mass is 292 g/mol. The van der Waals surface area contributed by atoms with Crippen LogP contribution in [0.15, 0.2) is 12.2 Å². The first kappa shape index (κ1) is 18.1. The van der Waals surface area contributed by atoms with Gasteiger partial charge in [-0.1, -0.05) is 19.1 Å². The van der Waals surface area contributed by atoms with Crippen molar-refractivity contribution >= 4 is 15.9 Å². The van der Waals surface area contributed by atoms with Crippen molar-refractivity contribution in [1.29, 1.82) is 0 Å². The minimum atomic E-state index is -3.38. The van der Waals surface area contributed by atoms with Crippen LogP contribution in [0.2, 0.25) is 0 Å². The van der Waals surface area contributed by atoms with Crippen molar-refractivity contribution in [2.75, 3.05) is 25.5 Å². The third kappa shape index (κ3) is 9.63. The van der Waals surface area contributed by atoms with Crippen LogP contribution in [-0.2, 0) is 19.6 Å². The molecule has 2 N–H and O–H groups in total. The van der Waals surface area contributed by atoms with Crippen molar-refractivity contribution < 1.29 is 17.9 Å². The summed E-state index contributed by atoms with van der Waals surface area (Å²) in [5.74, 6) is -0.342. The molecule has 0 aliphatic carbocycles. The van der Waals surface area contributed by atoms with Gasteiger partial charge in [-0.25, -0.2) is 13.1 Å². The van der Waals surface area contributed by atoms with Crippen LogP contribution in [-0.4, -0.2) is 45.9 Å². The molecule has 0 aliphatic heterocycles. The van der Waals surface area contributed by atoms with Gasteiger partial charge in [0.2, 0.25) is 15.9 Å². The van der Waals surface area contributed by atoms with Gasteiger partial charge in [-0.3, -0.25) is 4.79 Å². The van der Waals surface area contributed by atoms with E-state index in [9.17, 15) is 13.2 Å². The van der Waals surface area contributed by atoms with Crippen LogP contribution in [0.1, 0.15) is 27.2 Å². The summed E-state index contributed by atoms with van der Waals surface area (Å²) in [5.41, 5.74) is 0.909. The standard InChI is InChI=1S/C12H24N2O4S/c1-5-8-19(16,17)14-11(4)12(15)13-6-7-18-9-10(2)3/h11,14H,2,5-9H2,1,3-4H3,(H,13,15). The molecule has 0 rings (SSSR count). The molecule has 7 heteroatoms. The van der Waals surface area contributed by atoms with E-state index < -0.39 is 16.1 Å². The van der Waals surface area contributed by atoms with Crippen molar-refractivity contribution in [1.82, 2.24) is 10.0 Å². The lowest BCUT2D eigenvalue weighted by Crippen LogP contribution is -2.46. The topological polar surface area (TPSA) is 84.5 Å². The number of amides is 1. The highest BCUT2D eigenvalue weighted by Crippen LogP contribution is 1.93. The molecule has 0 spiro atoms. The quantitative estimate of drug-likeness (QED) is 0.451. The number of ether oxygens (including phenoxy) is 1. The Bertz CT molecular complexity index is 393. The fourth-order valence-electron chi connectivity index (χ4n) is 1.30. The predicted molar refractivity (Wildman–Crippen MR) is 75.3 cm³/mol. The maximum atomic E-state index is 11.6. The molecule has 0 aliphatic rings. The number of hydrogen-bond acceptors (Lipinski definition) is 4. The molecule has 0 fully saturated rings. The summed E-state index contributed by atoms with van der Waals surface area (Å²) in [6, 6.07) is -0.780. The summed E-state index contributed by atoms with van der Waals surface area (Å²) in [7, 11) is -3.38. The molecule has 1 unspecified atom stereocenters. The Kier molecular flexibility index (Phi) is 8.62. The molecule has 19 heavy (non-hydrogen) atoms. The summed E-state index contributed by atoms with van der Waals surface area (Å²) in [5, 5.41) is 2.60. The molecule has 0 aromatic heterocycles. The van der Waals surface area contributed by atoms with Crippen molar-refractivity contribution in [3.05, 3.63) is 12.2 Å². The van der Waals surface area contributed by atoms with E-state index >= 15 is 0 Å². The van der Waals surface area contributed by atoms with Crippen molar-refractivity contribution in [3.63, 3.8) is 0 Å². The van der Waals surface area contributed by atoms with Crippen LogP contribution >= 0.6 is 0 Å². The molecule has 0 aromatic carbocycles. The van der Waals surface area contributed by atoms with Crippen LogP contribution in [0.5, 0.6) is 0 Å². The fourth-order valence-corrected chi connectivity index (χ4v) is 2.60. The number of carbonyl (C=O) groups excluding carboxylic acids is 1. The summed E-state index contributed by atoms with van der Waals surface area (Å²) in [4.78, 5) is 11.6. The molecule has 0 bridgehead atoms. The maximum absolute atomic E-state index is 11.6. The number of sulfonamides is 1. The Morgan fingerprint density at radius 1 is 1.42 bits per heavy atom. The number of nitrogens with one attached hydrogen (secondary N) is 2. The second-order valence-electron chi connectivity index (χ2n) is 4.46. The van der Waals surface area contributed by atoms with Gasteiger partial charge in [0.15, 0.2) is 0 Å². The van der Waals surface area contributed by atoms with E-state index in [0.29, 0.717) is 26.2 Å². The van der Waals surface area contributed by atoms with Gasteiger partial charge in [0.05, 0.1) is 25.0 Å². The smallest absolute Gasteiger partial charge is 0.237 e. The van der Waals surface area contributed by atoms with Crippen LogP contribution < -0.4 is 10.0 Å². The fraction of sp³-hybridized carbons (Fsp3) is 0.750. The zero-order valence-electron chi connectivity index (χ0n) is 11.9. The van der Waals surface area contributed by atoms with E-state index in [4.69, 9.17) is 4.74 Å². The van der Waals surface area contributed by atoms with Crippen LogP contribution in [0.3, 0.4) is 0 Å². The van der Waals surface area contributed by atoms with E-state index in [0.717, 1.165) is 5.57 Å². The van der Waals surface area contributed by atoms with Gasteiger partial charge in [0.1, 0.15) is 0 Å². The normalized spacial score (nSPS) is 13.0. The molecular formula is C12H24N2O4S. The minimum Gasteiger partial charge on any atom is -0.375 e. The van der Waals surface area contributed by atoms with Crippen LogP contribution in [0.25, 0.3) is 0 Å². The molecule has 0 saturated carbocycles. The third-order valence-electron chi connectivity index (χ3n) is 2.12. The first-order valence-corrected chi connectivity index (χ1v) is 7.93. The van der Waals surface area contributed by atoms with E-state index in [-0.39, 0.29) is 11.7 Å². The molecule has 112 valence electrons. The summed E-state index contributed by atoms with van der Waals surface area (Å²) in [6.07, 6.45) is 0.512. The largest absolute Gasteiger partial charge is 0.375 e. The highest BCUT2D eigenvalue weighted by Gasteiger charge is 2.18. The van der Waals surface area contributed by atoms with E-state index in [1.165, 1.54) is 6.92 Å². The SMILES string of the molecule is C=C(C)COCCNC(=O)C(C)NS(=O)(=O)CCC. The Morgan fingerprint density at radius 2 is 2.05 bits per heavy atom. The Balaban J connectivity index is 3.91. The van der Waals surface area contributed by atoms with Gasteiger partial charge >= 0.3 is 0 Å². The highest BCUT2D eigenvalue weighted by molar-refractivity contribution is 7.89. The van der Waals surface area contributed by atoms with Crippen LogP contribution in [0, 0.1) is 0 Å². The maximum Gasteiger partial charge on any atom is 0.237 e. The minimum absolute atomic E-state index is 0.0202. The molecule has 6 nitrogen and oxygen atoms in total. The van der Waals surface area contributed by atoms with Gasteiger partial charge in [-0.15, -0.1) is 0 Å². The van der Waals surface area contributed by atoms with Crippen molar-refractivity contribution in [3.8, 4) is 0 Å². The molecule has 1 amide bonds. The molecule has 0 aromatic rings. The first-order chi connectivity index (χ1) is 8.78. The average molecular weight is 292 g/mol. The van der Waals surface area contributed by atoms with E-state index in [1.807, 2.05) is 6.92 Å². The average Bonchev–Trinajstić information content (AvgIpc) is 2.26. The number of hydrogen-bond donors (Lipinski definition) is 2. The number of carbonyl (C=O) groups is 1. The van der Waals surface area contributed by atoms with E-state index in [2.05, 4.69) is 16.6 Å². The predicted octanol–water partition coefficient (Wildman–Crippen LogP) is 0.413. The second-order valence-corrected chi connectivity index (χ2v) is 6.33. The van der Waals surface area contributed by atoms with Gasteiger partial charge in [-0.05, 0) is 20.3 Å².